The number of carboxylic acids is 1. The Bertz CT molecular complexity index is 272. The number of aromatic nitrogens is 3. The normalized spacial score (nSPS) is 9.58. The van der Waals surface area contributed by atoms with Gasteiger partial charge in [0.05, 0.1) is 0 Å². The third kappa shape index (κ3) is 2.09. The summed E-state index contributed by atoms with van der Waals surface area (Å²) in [4.78, 5) is 14.1. The van der Waals surface area contributed by atoms with Crippen LogP contribution in [0.1, 0.15) is 30.5 Å². The first kappa shape index (κ1) is 11.2. The van der Waals surface area contributed by atoms with E-state index in [9.17, 15) is 4.79 Å². The van der Waals surface area contributed by atoms with Crippen molar-refractivity contribution in [3.63, 3.8) is 0 Å². The van der Waals surface area contributed by atoms with Crippen LogP contribution in [0.2, 0.25) is 0 Å². The minimum absolute atomic E-state index is 0. The van der Waals surface area contributed by atoms with Gasteiger partial charge in [-0.15, -0.1) is 0 Å². The van der Waals surface area contributed by atoms with Crippen molar-refractivity contribution in [1.29, 1.82) is 0 Å². The molecule has 0 fully saturated rings. The molecule has 0 atom stereocenters. The molecule has 1 aromatic heterocycles. The van der Waals surface area contributed by atoms with Crippen molar-refractivity contribution in [3.8, 4) is 0 Å². The van der Waals surface area contributed by atoms with Crippen LogP contribution in [0.3, 0.4) is 0 Å². The van der Waals surface area contributed by atoms with Crippen molar-refractivity contribution < 1.29 is 9.90 Å². The Morgan fingerprint density at radius 1 is 1.67 bits per heavy atom. The van der Waals surface area contributed by atoms with Gasteiger partial charge in [-0.1, -0.05) is 0 Å². The Balaban J connectivity index is 0.00000121. The van der Waals surface area contributed by atoms with Crippen molar-refractivity contribution in [2.45, 2.75) is 19.9 Å². The predicted octanol–water partition coefficient (Wildman–Crippen LogP) is 0.176. The van der Waals surface area contributed by atoms with Gasteiger partial charge < -0.3 is 5.11 Å². The molecule has 1 aromatic rings. The molecule has 0 aliphatic rings. The number of nitrogens with zero attached hydrogens (tertiary/aromatic N) is 3. The summed E-state index contributed by atoms with van der Waals surface area (Å²) in [5.41, 5.74) is 0. The van der Waals surface area contributed by atoms with Gasteiger partial charge in [0.25, 0.3) is 0 Å². The summed E-state index contributed by atoms with van der Waals surface area (Å²) in [6.45, 7) is 3.70. The van der Waals surface area contributed by atoms with E-state index in [4.69, 9.17) is 5.11 Å². The zero-order chi connectivity index (χ0) is 8.43. The van der Waals surface area contributed by atoms with Gasteiger partial charge in [-0.3, -0.25) is 0 Å². The number of hydrogen-bond acceptors (Lipinski definition) is 3. The summed E-state index contributed by atoms with van der Waals surface area (Å²) >= 11 is 0. The maximum absolute atomic E-state index is 10.5. The summed E-state index contributed by atoms with van der Waals surface area (Å²) in [6, 6.07) is 0.0311. The fourth-order valence-corrected chi connectivity index (χ4v) is 0.781. The molecule has 0 aliphatic heterocycles. The van der Waals surface area contributed by atoms with Crippen LogP contribution >= 0.6 is 0 Å². The number of carboxylic acid groups (broad SMARTS) is 1. The Hall–Kier alpha value is -0.793. The first-order chi connectivity index (χ1) is 5.13. The molecule has 0 bridgehead atoms. The Morgan fingerprint density at radius 2 is 2.25 bits per heavy atom. The van der Waals surface area contributed by atoms with E-state index in [0.717, 1.165) is 0 Å². The summed E-state index contributed by atoms with van der Waals surface area (Å²) in [5, 5.41) is 12.3. The van der Waals surface area contributed by atoms with Gasteiger partial charge in [0, 0.05) is 24.9 Å². The van der Waals surface area contributed by atoms with E-state index < -0.39 is 5.97 Å². The second-order valence-electron chi connectivity index (χ2n) is 2.43. The van der Waals surface area contributed by atoms with E-state index in [1.807, 2.05) is 13.8 Å². The number of carbonyl (C=O) groups is 1. The molecular formula is C6H9LiN3O2. The molecule has 0 saturated carbocycles. The second kappa shape index (κ2) is 4.29. The average molecular weight is 162 g/mol. The van der Waals surface area contributed by atoms with Crippen LogP contribution in [0.15, 0.2) is 6.33 Å². The third-order valence-electron chi connectivity index (χ3n) is 1.25. The zero-order valence-corrected chi connectivity index (χ0v) is 7.35. The quantitative estimate of drug-likeness (QED) is 0.629. The molecule has 0 aromatic carbocycles. The molecule has 61 valence electrons. The van der Waals surface area contributed by atoms with Crippen molar-refractivity contribution in [2.75, 3.05) is 0 Å². The Morgan fingerprint density at radius 3 is 2.58 bits per heavy atom. The summed E-state index contributed by atoms with van der Waals surface area (Å²) in [5.74, 6) is -1.06. The topological polar surface area (TPSA) is 68.0 Å². The fraction of sp³-hybridized carbons (Fsp3) is 0.500. The van der Waals surface area contributed by atoms with Crippen molar-refractivity contribution in [2.24, 2.45) is 0 Å². The van der Waals surface area contributed by atoms with Gasteiger partial charge in [0.2, 0.25) is 5.82 Å². The minimum atomic E-state index is -1.05. The standard InChI is InChI=1S/C6H9N3O2.Li/c1-4(2)9-5(6(10)11)7-3-8-9;/h3-4H,1-2H3,(H,10,11);. The molecule has 12 heavy (non-hydrogen) atoms. The second-order valence-corrected chi connectivity index (χ2v) is 2.43. The Kier molecular flexibility index (Phi) is 4.00. The molecule has 0 unspecified atom stereocenters. The van der Waals surface area contributed by atoms with Crippen LogP contribution < -0.4 is 0 Å². The molecule has 1 heterocycles. The predicted molar refractivity (Wildman–Crippen MR) is 43.1 cm³/mol. The molecule has 6 heteroatoms. The molecule has 1 radical (unpaired) electrons. The first-order valence-corrected chi connectivity index (χ1v) is 3.25. The van der Waals surface area contributed by atoms with Crippen molar-refractivity contribution in [3.05, 3.63) is 12.2 Å². The molecular weight excluding hydrogens is 153 g/mol. The smallest absolute Gasteiger partial charge is 0.373 e. The van der Waals surface area contributed by atoms with Crippen LogP contribution in [-0.2, 0) is 0 Å². The summed E-state index contributed by atoms with van der Waals surface area (Å²) < 4.78 is 1.36. The van der Waals surface area contributed by atoms with Crippen LogP contribution in [0, 0.1) is 0 Å². The van der Waals surface area contributed by atoms with Crippen molar-refractivity contribution >= 4 is 24.8 Å². The third-order valence-corrected chi connectivity index (χ3v) is 1.25. The van der Waals surface area contributed by atoms with E-state index in [1.54, 1.807) is 0 Å². The number of aromatic carboxylic acids is 1. The van der Waals surface area contributed by atoms with E-state index in [2.05, 4.69) is 10.1 Å². The first-order valence-electron chi connectivity index (χ1n) is 3.25. The van der Waals surface area contributed by atoms with E-state index in [0.29, 0.717) is 0 Å². The maximum atomic E-state index is 10.5. The largest absolute Gasteiger partial charge is 0.475 e. The number of rotatable bonds is 2. The van der Waals surface area contributed by atoms with E-state index in [-0.39, 0.29) is 30.7 Å². The van der Waals surface area contributed by atoms with Crippen molar-refractivity contribution in [1.82, 2.24) is 14.8 Å². The van der Waals surface area contributed by atoms with Gasteiger partial charge in [-0.05, 0) is 13.8 Å². The molecule has 1 N–H and O–H groups in total. The molecule has 5 nitrogen and oxygen atoms in total. The zero-order valence-electron chi connectivity index (χ0n) is 7.35. The SMILES string of the molecule is CC(C)n1ncnc1C(=O)O.[Li]. The van der Waals surface area contributed by atoms with Gasteiger partial charge >= 0.3 is 5.97 Å². The maximum Gasteiger partial charge on any atom is 0.373 e. The van der Waals surface area contributed by atoms with E-state index in [1.165, 1.54) is 11.0 Å². The van der Waals surface area contributed by atoms with Crippen LogP contribution in [-0.4, -0.2) is 44.7 Å². The minimum Gasteiger partial charge on any atom is -0.475 e. The average Bonchev–Trinajstić information content (AvgIpc) is 2.32. The molecule has 1 rings (SSSR count). The Labute approximate surface area is 82.0 Å². The van der Waals surface area contributed by atoms with Gasteiger partial charge in [-0.2, -0.15) is 5.10 Å². The van der Waals surface area contributed by atoms with Crippen LogP contribution in [0.25, 0.3) is 0 Å². The van der Waals surface area contributed by atoms with Gasteiger partial charge in [0.15, 0.2) is 0 Å². The summed E-state index contributed by atoms with van der Waals surface area (Å²) in [7, 11) is 0. The van der Waals surface area contributed by atoms with E-state index >= 15 is 0 Å². The molecule has 0 saturated heterocycles. The molecule has 0 amide bonds. The number of hydrogen-bond donors (Lipinski definition) is 1. The monoisotopic (exact) mass is 162 g/mol. The van der Waals surface area contributed by atoms with Crippen LogP contribution in [0.4, 0.5) is 0 Å². The summed E-state index contributed by atoms with van der Waals surface area (Å²) in [6.07, 6.45) is 1.24. The van der Waals surface area contributed by atoms with Crippen LogP contribution in [0.5, 0.6) is 0 Å². The molecule has 0 spiro atoms. The van der Waals surface area contributed by atoms with Gasteiger partial charge in [0.1, 0.15) is 6.33 Å². The fourth-order valence-electron chi connectivity index (χ4n) is 0.781. The molecule has 0 aliphatic carbocycles. The van der Waals surface area contributed by atoms with Gasteiger partial charge in [-0.25, -0.2) is 14.5 Å².